The summed E-state index contributed by atoms with van der Waals surface area (Å²) in [7, 11) is 0. The van der Waals surface area contributed by atoms with Crippen molar-refractivity contribution in [3.63, 3.8) is 0 Å². The maximum absolute atomic E-state index is 9.12. The number of aryl methyl sites for hydroxylation is 1. The summed E-state index contributed by atoms with van der Waals surface area (Å²) in [4.78, 5) is 0. The van der Waals surface area contributed by atoms with E-state index in [1.165, 1.54) is 23.6 Å². The summed E-state index contributed by atoms with van der Waals surface area (Å²) in [5.41, 5.74) is 12.2. The molecule has 0 bridgehead atoms. The summed E-state index contributed by atoms with van der Waals surface area (Å²) in [6.07, 6.45) is 6.02. The molecule has 0 saturated carbocycles. The third-order valence-electron chi connectivity index (χ3n) is 4.97. The van der Waals surface area contributed by atoms with Crippen molar-refractivity contribution in [1.29, 1.82) is 10.7 Å². The lowest BCUT2D eigenvalue weighted by molar-refractivity contribution is 0.419. The molecule has 0 saturated heterocycles. The number of rotatable bonds is 4. The highest BCUT2D eigenvalue weighted by Crippen LogP contribution is 2.34. The third-order valence-corrected chi connectivity index (χ3v) is 4.97. The Morgan fingerprint density at radius 3 is 2.96 bits per heavy atom. The molecule has 0 spiro atoms. The molecule has 3 aromatic rings. The normalized spacial score (nSPS) is 15.6. The fraction of sp³-hybridized carbons (Fsp3) is 0.190. The first kappa shape index (κ1) is 16.9. The van der Waals surface area contributed by atoms with Crippen LogP contribution in [0.15, 0.2) is 53.4 Å². The topological polar surface area (TPSA) is 112 Å². The van der Waals surface area contributed by atoms with Crippen molar-refractivity contribution in [1.82, 2.24) is 5.16 Å². The van der Waals surface area contributed by atoms with E-state index >= 15 is 0 Å². The summed E-state index contributed by atoms with van der Waals surface area (Å²) < 4.78 is 4.84. The molecular formula is C21H19N5O. The zero-order valence-electron chi connectivity index (χ0n) is 14.7. The number of benzene rings is 2. The van der Waals surface area contributed by atoms with Crippen molar-refractivity contribution >= 4 is 17.1 Å². The van der Waals surface area contributed by atoms with Gasteiger partial charge < -0.3 is 15.6 Å². The Labute approximate surface area is 157 Å². The van der Waals surface area contributed by atoms with E-state index in [9.17, 15) is 0 Å². The van der Waals surface area contributed by atoms with Gasteiger partial charge in [-0.25, -0.2) is 0 Å². The molecule has 0 unspecified atom stereocenters. The summed E-state index contributed by atoms with van der Waals surface area (Å²) in [5.74, 6) is 0. The molecule has 0 radical (unpaired) electrons. The van der Waals surface area contributed by atoms with Gasteiger partial charge in [-0.1, -0.05) is 11.2 Å². The van der Waals surface area contributed by atoms with Crippen molar-refractivity contribution in [3.05, 3.63) is 76.7 Å². The van der Waals surface area contributed by atoms with E-state index in [1.807, 2.05) is 36.4 Å². The molecule has 0 aliphatic heterocycles. The first-order valence-corrected chi connectivity index (χ1v) is 8.83. The lowest BCUT2D eigenvalue weighted by atomic mass is 9.86. The Morgan fingerprint density at radius 2 is 2.19 bits per heavy atom. The number of nitrogens with one attached hydrogen (secondary N) is 2. The van der Waals surface area contributed by atoms with Gasteiger partial charge in [0.05, 0.1) is 35.1 Å². The number of hydrogen-bond acceptors (Lipinski definition) is 6. The van der Waals surface area contributed by atoms with Crippen LogP contribution in [0.3, 0.4) is 0 Å². The molecule has 4 rings (SSSR count). The molecule has 1 aromatic heterocycles. The molecule has 1 atom stereocenters. The smallest absolute Gasteiger partial charge is 0.133 e. The quantitative estimate of drug-likeness (QED) is 0.482. The van der Waals surface area contributed by atoms with Crippen LogP contribution in [0.2, 0.25) is 0 Å². The summed E-state index contributed by atoms with van der Waals surface area (Å²) in [6, 6.07) is 13.9. The average molecular weight is 357 g/mol. The number of nitriles is 1. The second-order valence-corrected chi connectivity index (χ2v) is 6.70. The monoisotopic (exact) mass is 357 g/mol. The molecule has 27 heavy (non-hydrogen) atoms. The molecule has 4 N–H and O–H groups in total. The lowest BCUT2D eigenvalue weighted by Crippen LogP contribution is -2.18. The Balaban J connectivity index is 1.62. The number of nitrogens with two attached hydrogens (primary N) is 1. The molecule has 1 aliphatic rings. The van der Waals surface area contributed by atoms with Crippen LogP contribution in [0.1, 0.15) is 46.7 Å². The van der Waals surface area contributed by atoms with E-state index in [4.69, 9.17) is 20.9 Å². The largest absolute Gasteiger partial charge is 0.398 e. The zero-order chi connectivity index (χ0) is 18.8. The lowest BCUT2D eigenvalue weighted by Gasteiger charge is -2.27. The van der Waals surface area contributed by atoms with Gasteiger partial charge in [-0.05, 0) is 60.7 Å². The van der Waals surface area contributed by atoms with E-state index in [1.54, 1.807) is 0 Å². The highest BCUT2D eigenvalue weighted by molar-refractivity contribution is 6.13. The Morgan fingerprint density at radius 1 is 1.30 bits per heavy atom. The van der Waals surface area contributed by atoms with Crippen LogP contribution in [0.25, 0.3) is 0 Å². The summed E-state index contributed by atoms with van der Waals surface area (Å²) >= 11 is 0. The Kier molecular flexibility index (Phi) is 4.35. The molecule has 2 aromatic carbocycles. The van der Waals surface area contributed by atoms with Crippen molar-refractivity contribution in [2.75, 3.05) is 11.1 Å². The number of anilines is 2. The average Bonchev–Trinajstić information content (AvgIpc) is 3.23. The molecular weight excluding hydrogens is 338 g/mol. The molecule has 0 amide bonds. The van der Waals surface area contributed by atoms with E-state index in [2.05, 4.69) is 16.5 Å². The molecule has 6 nitrogen and oxygen atoms in total. The molecule has 134 valence electrons. The van der Waals surface area contributed by atoms with Crippen molar-refractivity contribution in [2.45, 2.75) is 25.3 Å². The van der Waals surface area contributed by atoms with Gasteiger partial charge in [-0.2, -0.15) is 5.26 Å². The second-order valence-electron chi connectivity index (χ2n) is 6.70. The van der Waals surface area contributed by atoms with E-state index in [0.29, 0.717) is 22.4 Å². The van der Waals surface area contributed by atoms with Crippen molar-refractivity contribution in [2.24, 2.45) is 0 Å². The Hall–Kier alpha value is -3.59. The van der Waals surface area contributed by atoms with Crippen molar-refractivity contribution < 1.29 is 4.52 Å². The van der Waals surface area contributed by atoms with E-state index in [0.717, 1.165) is 24.9 Å². The van der Waals surface area contributed by atoms with Gasteiger partial charge >= 0.3 is 0 Å². The van der Waals surface area contributed by atoms with E-state index in [-0.39, 0.29) is 11.8 Å². The summed E-state index contributed by atoms with van der Waals surface area (Å²) in [5, 5.41) is 24.7. The Bertz CT molecular complexity index is 1030. The van der Waals surface area contributed by atoms with Gasteiger partial charge in [0.15, 0.2) is 0 Å². The minimum Gasteiger partial charge on any atom is -0.398 e. The van der Waals surface area contributed by atoms with Crippen LogP contribution in [0.4, 0.5) is 11.4 Å². The standard InChI is InChI=1S/C21H19N5O/c22-10-13-4-6-17-14(8-13)2-1-3-20(17)26-16-5-7-19(23)18(9-16)21(24)15-11-25-27-12-15/h4-9,11-12,20,24,26H,1-3,23H2/t20-/m1/s1. The summed E-state index contributed by atoms with van der Waals surface area (Å²) in [6.45, 7) is 0. The van der Waals surface area contributed by atoms with Gasteiger partial charge in [-0.15, -0.1) is 0 Å². The molecule has 1 heterocycles. The second kappa shape index (κ2) is 6.96. The van der Waals surface area contributed by atoms with Crippen LogP contribution in [0.5, 0.6) is 0 Å². The minimum absolute atomic E-state index is 0.169. The third kappa shape index (κ3) is 3.27. The number of aromatic nitrogens is 1. The molecule has 0 fully saturated rings. The van der Waals surface area contributed by atoms with Gasteiger partial charge in [0, 0.05) is 16.9 Å². The predicted octanol–water partition coefficient (Wildman–Crippen LogP) is 4.03. The van der Waals surface area contributed by atoms with Crippen LogP contribution in [-0.2, 0) is 6.42 Å². The maximum Gasteiger partial charge on any atom is 0.133 e. The van der Waals surface area contributed by atoms with E-state index < -0.39 is 0 Å². The number of nitrogens with zero attached hydrogens (tertiary/aromatic N) is 2. The van der Waals surface area contributed by atoms with Crippen LogP contribution in [0, 0.1) is 16.7 Å². The minimum atomic E-state index is 0.169. The fourth-order valence-corrected chi connectivity index (χ4v) is 3.58. The SMILES string of the molecule is N#Cc1ccc2c(c1)CCC[C@H]2Nc1ccc(N)c(C(=N)c2cnoc2)c1. The number of nitrogen functional groups attached to an aromatic ring is 1. The van der Waals surface area contributed by atoms with Gasteiger partial charge in [0.1, 0.15) is 6.26 Å². The zero-order valence-corrected chi connectivity index (χ0v) is 14.7. The van der Waals surface area contributed by atoms with Crippen LogP contribution in [-0.4, -0.2) is 10.9 Å². The fourth-order valence-electron chi connectivity index (χ4n) is 3.58. The maximum atomic E-state index is 9.12. The van der Waals surface area contributed by atoms with Crippen molar-refractivity contribution in [3.8, 4) is 6.07 Å². The molecule has 6 heteroatoms. The van der Waals surface area contributed by atoms with Gasteiger partial charge in [0.25, 0.3) is 0 Å². The van der Waals surface area contributed by atoms with Gasteiger partial charge in [0.2, 0.25) is 0 Å². The van der Waals surface area contributed by atoms with Crippen LogP contribution < -0.4 is 11.1 Å². The van der Waals surface area contributed by atoms with Gasteiger partial charge in [-0.3, -0.25) is 5.41 Å². The predicted molar refractivity (Wildman–Crippen MR) is 104 cm³/mol. The highest BCUT2D eigenvalue weighted by Gasteiger charge is 2.21. The number of fused-ring (bicyclic) bond motifs is 1. The molecule has 1 aliphatic carbocycles. The first-order chi connectivity index (χ1) is 13.2. The highest BCUT2D eigenvalue weighted by atomic mass is 16.5. The van der Waals surface area contributed by atoms with Crippen LogP contribution >= 0.6 is 0 Å². The number of hydrogen-bond donors (Lipinski definition) is 3. The first-order valence-electron chi connectivity index (χ1n) is 8.83.